The fourth-order valence-electron chi connectivity index (χ4n) is 3.16. The number of nitrogens with zero attached hydrogens (tertiary/aromatic N) is 1. The third-order valence-electron chi connectivity index (χ3n) is 4.02. The third-order valence-corrected chi connectivity index (χ3v) is 5.23. The molecule has 0 spiro atoms. The normalized spacial score (nSPS) is 24.6. The highest BCUT2D eigenvalue weighted by atomic mass is 79.9. The topological polar surface area (TPSA) is 15.3 Å². The summed E-state index contributed by atoms with van der Waals surface area (Å²) < 4.78 is 0.997. The summed E-state index contributed by atoms with van der Waals surface area (Å²) in [6, 6.07) is 6.86. The molecule has 0 amide bonds. The Morgan fingerprint density at radius 1 is 1.47 bits per heavy atom. The van der Waals surface area contributed by atoms with Crippen LogP contribution in [-0.4, -0.2) is 31.6 Å². The Balaban J connectivity index is 2.30. The lowest BCUT2D eigenvalue weighted by Gasteiger charge is -2.41. The second kappa shape index (κ2) is 7.07. The van der Waals surface area contributed by atoms with Crippen molar-refractivity contribution >= 4 is 27.5 Å². The van der Waals surface area contributed by atoms with Gasteiger partial charge in [0, 0.05) is 10.5 Å². The van der Waals surface area contributed by atoms with Gasteiger partial charge in [0.15, 0.2) is 0 Å². The molecule has 0 bridgehead atoms. The van der Waals surface area contributed by atoms with E-state index in [0.717, 1.165) is 22.6 Å². The molecule has 1 aromatic rings. The maximum absolute atomic E-state index is 6.11. The van der Waals surface area contributed by atoms with Crippen LogP contribution in [0.4, 0.5) is 0 Å². The Hall–Kier alpha value is -0.0900. The fraction of sp³-hybridized carbons (Fsp3) is 0.600. The zero-order chi connectivity index (χ0) is 13.8. The number of likely N-dealkylation sites (tertiary alicyclic amines) is 1. The van der Waals surface area contributed by atoms with Crippen molar-refractivity contribution in [2.45, 2.75) is 25.8 Å². The second-order valence-electron chi connectivity index (χ2n) is 5.21. The van der Waals surface area contributed by atoms with Crippen LogP contribution in [0, 0.1) is 5.92 Å². The lowest BCUT2D eigenvalue weighted by molar-refractivity contribution is 0.0982. The summed E-state index contributed by atoms with van der Waals surface area (Å²) in [5, 5.41) is 4.13. The average molecular weight is 346 g/mol. The predicted octanol–water partition coefficient (Wildman–Crippen LogP) is 4.09. The molecule has 2 atom stereocenters. The van der Waals surface area contributed by atoms with Gasteiger partial charge >= 0.3 is 0 Å². The summed E-state index contributed by atoms with van der Waals surface area (Å²) in [4.78, 5) is 2.58. The summed E-state index contributed by atoms with van der Waals surface area (Å²) in [6.45, 7) is 5.62. The molecule has 1 fully saturated rings. The first-order chi connectivity index (χ1) is 9.17. The Morgan fingerprint density at radius 2 is 2.26 bits per heavy atom. The van der Waals surface area contributed by atoms with E-state index in [1.165, 1.54) is 24.9 Å². The third kappa shape index (κ3) is 3.52. The Labute approximate surface area is 129 Å². The van der Waals surface area contributed by atoms with Gasteiger partial charge < -0.3 is 5.32 Å². The molecule has 1 saturated heterocycles. The number of nitrogens with one attached hydrogen (secondary N) is 1. The standard InChI is InChI=1S/C15H22BrClN2/c1-3-19-8-4-5-12(10-18-2)15(19)11-6-7-14(17)13(16)9-11/h6-7,9,12,15,18H,3-5,8,10H2,1-2H3. The number of hydrogen-bond donors (Lipinski definition) is 1. The van der Waals surface area contributed by atoms with Crippen LogP contribution in [0.1, 0.15) is 31.4 Å². The maximum atomic E-state index is 6.11. The van der Waals surface area contributed by atoms with Gasteiger partial charge in [-0.1, -0.05) is 24.6 Å². The molecule has 1 aliphatic rings. The van der Waals surface area contributed by atoms with Crippen LogP contribution >= 0.6 is 27.5 Å². The van der Waals surface area contributed by atoms with Crippen molar-refractivity contribution in [3.05, 3.63) is 33.3 Å². The van der Waals surface area contributed by atoms with E-state index < -0.39 is 0 Å². The molecule has 1 aromatic carbocycles. The molecule has 4 heteroatoms. The molecule has 1 aliphatic heterocycles. The monoisotopic (exact) mass is 344 g/mol. The van der Waals surface area contributed by atoms with Crippen LogP contribution in [0.15, 0.2) is 22.7 Å². The van der Waals surface area contributed by atoms with Crippen LogP contribution in [0.5, 0.6) is 0 Å². The summed E-state index contributed by atoms with van der Waals surface area (Å²) in [6.07, 6.45) is 2.59. The molecule has 0 saturated carbocycles. The molecular weight excluding hydrogens is 324 g/mol. The van der Waals surface area contributed by atoms with Gasteiger partial charge in [0.05, 0.1) is 5.02 Å². The van der Waals surface area contributed by atoms with Gasteiger partial charge in [-0.05, 0) is 79.1 Å². The average Bonchev–Trinajstić information content (AvgIpc) is 2.42. The molecule has 1 heterocycles. The van der Waals surface area contributed by atoms with Crippen LogP contribution < -0.4 is 5.32 Å². The summed E-state index contributed by atoms with van der Waals surface area (Å²) >= 11 is 9.66. The van der Waals surface area contributed by atoms with Crippen molar-refractivity contribution in [3.8, 4) is 0 Å². The minimum atomic E-state index is 0.500. The van der Waals surface area contributed by atoms with Crippen molar-refractivity contribution in [1.29, 1.82) is 0 Å². The molecule has 0 aromatic heterocycles. The van der Waals surface area contributed by atoms with E-state index in [4.69, 9.17) is 11.6 Å². The van der Waals surface area contributed by atoms with Gasteiger partial charge in [-0.3, -0.25) is 4.90 Å². The van der Waals surface area contributed by atoms with E-state index in [-0.39, 0.29) is 0 Å². The van der Waals surface area contributed by atoms with Gasteiger partial charge in [0.1, 0.15) is 0 Å². The Kier molecular flexibility index (Phi) is 5.70. The number of piperidine rings is 1. The SMILES string of the molecule is CCN1CCCC(CNC)C1c1ccc(Cl)c(Br)c1. The van der Waals surface area contributed by atoms with Gasteiger partial charge in [-0.25, -0.2) is 0 Å². The van der Waals surface area contributed by atoms with E-state index in [9.17, 15) is 0 Å². The Morgan fingerprint density at radius 3 is 2.89 bits per heavy atom. The van der Waals surface area contributed by atoms with Crippen LogP contribution in [0.3, 0.4) is 0 Å². The highest BCUT2D eigenvalue weighted by Crippen LogP contribution is 2.37. The minimum Gasteiger partial charge on any atom is -0.319 e. The molecule has 2 rings (SSSR count). The molecule has 1 N–H and O–H groups in total. The number of halogens is 2. The van der Waals surface area contributed by atoms with Crippen molar-refractivity contribution in [3.63, 3.8) is 0 Å². The number of rotatable bonds is 4. The van der Waals surface area contributed by atoms with Crippen molar-refractivity contribution in [1.82, 2.24) is 10.2 Å². The molecular formula is C15H22BrClN2. The minimum absolute atomic E-state index is 0.500. The van der Waals surface area contributed by atoms with Gasteiger partial charge in [-0.2, -0.15) is 0 Å². The number of hydrogen-bond acceptors (Lipinski definition) is 2. The lowest BCUT2D eigenvalue weighted by Crippen LogP contribution is -2.42. The quantitative estimate of drug-likeness (QED) is 0.884. The highest BCUT2D eigenvalue weighted by Gasteiger charge is 2.31. The van der Waals surface area contributed by atoms with E-state index >= 15 is 0 Å². The van der Waals surface area contributed by atoms with Crippen molar-refractivity contribution < 1.29 is 0 Å². The first kappa shape index (κ1) is 15.3. The summed E-state index contributed by atoms with van der Waals surface area (Å²) in [5.41, 5.74) is 1.37. The number of benzene rings is 1. The van der Waals surface area contributed by atoms with E-state index in [1.807, 2.05) is 13.1 Å². The van der Waals surface area contributed by atoms with Gasteiger partial charge in [-0.15, -0.1) is 0 Å². The molecule has 106 valence electrons. The molecule has 19 heavy (non-hydrogen) atoms. The smallest absolute Gasteiger partial charge is 0.0548 e. The molecule has 2 nitrogen and oxygen atoms in total. The zero-order valence-electron chi connectivity index (χ0n) is 11.6. The first-order valence-corrected chi connectivity index (χ1v) is 8.18. The highest BCUT2D eigenvalue weighted by molar-refractivity contribution is 9.10. The molecule has 0 radical (unpaired) electrons. The summed E-state index contributed by atoms with van der Waals surface area (Å²) in [7, 11) is 2.04. The van der Waals surface area contributed by atoms with Crippen molar-refractivity contribution in [2.24, 2.45) is 5.92 Å². The lowest BCUT2D eigenvalue weighted by atomic mass is 9.84. The van der Waals surface area contributed by atoms with Gasteiger partial charge in [0.25, 0.3) is 0 Å². The second-order valence-corrected chi connectivity index (χ2v) is 6.47. The predicted molar refractivity (Wildman–Crippen MR) is 85.8 cm³/mol. The molecule has 2 unspecified atom stereocenters. The van der Waals surface area contributed by atoms with Crippen molar-refractivity contribution in [2.75, 3.05) is 26.7 Å². The largest absolute Gasteiger partial charge is 0.319 e. The van der Waals surface area contributed by atoms with Crippen LogP contribution in [0.2, 0.25) is 5.02 Å². The Bertz CT molecular complexity index is 423. The van der Waals surface area contributed by atoms with Gasteiger partial charge in [0.2, 0.25) is 0 Å². The first-order valence-electron chi connectivity index (χ1n) is 7.01. The summed E-state index contributed by atoms with van der Waals surface area (Å²) in [5.74, 6) is 0.673. The van der Waals surface area contributed by atoms with E-state index in [1.54, 1.807) is 0 Å². The zero-order valence-corrected chi connectivity index (χ0v) is 14.0. The molecule has 0 aliphatic carbocycles. The van der Waals surface area contributed by atoms with E-state index in [2.05, 4.69) is 45.2 Å². The van der Waals surface area contributed by atoms with Crippen LogP contribution in [0.25, 0.3) is 0 Å². The van der Waals surface area contributed by atoms with Crippen LogP contribution in [-0.2, 0) is 0 Å². The maximum Gasteiger partial charge on any atom is 0.0548 e. The van der Waals surface area contributed by atoms with E-state index in [0.29, 0.717) is 12.0 Å². The fourth-order valence-corrected chi connectivity index (χ4v) is 3.68.